The predicted molar refractivity (Wildman–Crippen MR) is 116 cm³/mol. The van der Waals surface area contributed by atoms with E-state index < -0.39 is 0 Å². The van der Waals surface area contributed by atoms with E-state index in [1.165, 1.54) is 0 Å². The molecule has 0 saturated heterocycles. The summed E-state index contributed by atoms with van der Waals surface area (Å²) in [6.45, 7) is 3.79. The predicted octanol–water partition coefficient (Wildman–Crippen LogP) is 3.38. The first-order valence-corrected chi connectivity index (χ1v) is 10.4. The van der Waals surface area contributed by atoms with Crippen LogP contribution in [0.1, 0.15) is 48.7 Å². The number of methoxy groups -OCH3 is 1. The molecule has 7 nitrogen and oxygen atoms in total. The second-order valence-corrected chi connectivity index (χ2v) is 8.12. The molecule has 0 spiro atoms. The molecule has 2 aliphatic rings. The van der Waals surface area contributed by atoms with E-state index in [1.54, 1.807) is 33.2 Å². The summed E-state index contributed by atoms with van der Waals surface area (Å²) >= 11 is 0. The minimum atomic E-state index is -0.151. The highest BCUT2D eigenvalue weighted by atomic mass is 16.5. The molecular weight excluding hydrogens is 380 g/mol. The maximum atomic E-state index is 12.7. The van der Waals surface area contributed by atoms with E-state index in [2.05, 4.69) is 22.5 Å². The molecular formula is C23H28N4O3. The number of nitrogens with zero attached hydrogens (tertiary/aromatic N) is 2. The lowest BCUT2D eigenvalue weighted by molar-refractivity contribution is -0.117. The van der Waals surface area contributed by atoms with E-state index in [9.17, 15) is 9.59 Å². The first-order chi connectivity index (χ1) is 14.4. The van der Waals surface area contributed by atoms with Gasteiger partial charge in [0.15, 0.2) is 0 Å². The molecule has 0 bridgehead atoms. The number of aromatic nitrogens is 1. The van der Waals surface area contributed by atoms with Crippen LogP contribution in [0, 0.1) is 11.8 Å². The lowest BCUT2D eigenvalue weighted by Gasteiger charge is -2.46. The summed E-state index contributed by atoms with van der Waals surface area (Å²) in [4.78, 5) is 31.4. The molecule has 158 valence electrons. The second-order valence-electron chi connectivity index (χ2n) is 8.12. The molecule has 1 aromatic carbocycles. The number of benzene rings is 1. The van der Waals surface area contributed by atoms with Crippen molar-refractivity contribution in [3.63, 3.8) is 0 Å². The van der Waals surface area contributed by atoms with Gasteiger partial charge in [-0.25, -0.2) is 0 Å². The fourth-order valence-electron chi connectivity index (χ4n) is 4.62. The van der Waals surface area contributed by atoms with Gasteiger partial charge in [0.25, 0.3) is 5.91 Å². The van der Waals surface area contributed by atoms with Crippen LogP contribution in [-0.2, 0) is 4.79 Å². The molecule has 1 fully saturated rings. The lowest BCUT2D eigenvalue weighted by atomic mass is 9.79. The Morgan fingerprint density at radius 2 is 1.97 bits per heavy atom. The Kier molecular flexibility index (Phi) is 5.37. The molecule has 2 unspecified atom stereocenters. The standard InChI is InChI=1S/C23H28N4O3/c1-13-21(26-19-6-5-7-20(25-19)30-4)17-12-16(23(29)24-3)10-11-18(17)27(14(2)28)22(13)15-8-9-15/h5-7,10-13,15,21-22H,8-9H2,1-4H3,(H,24,29)(H,25,26)/t13?,21?,22-/m1/s1. The van der Waals surface area contributed by atoms with Crippen molar-refractivity contribution in [3.8, 4) is 5.88 Å². The number of fused-ring (bicyclic) bond motifs is 1. The van der Waals surface area contributed by atoms with Gasteiger partial charge in [-0.15, -0.1) is 0 Å². The van der Waals surface area contributed by atoms with Crippen molar-refractivity contribution in [2.45, 2.75) is 38.8 Å². The highest BCUT2D eigenvalue weighted by molar-refractivity contribution is 5.98. The summed E-state index contributed by atoms with van der Waals surface area (Å²) in [5.41, 5.74) is 2.37. The highest BCUT2D eigenvalue weighted by Gasteiger charge is 2.47. The van der Waals surface area contributed by atoms with Gasteiger partial charge >= 0.3 is 0 Å². The summed E-state index contributed by atoms with van der Waals surface area (Å²) in [5.74, 6) is 1.76. The van der Waals surface area contributed by atoms with Gasteiger partial charge in [0.1, 0.15) is 5.82 Å². The van der Waals surface area contributed by atoms with Crippen molar-refractivity contribution in [2.24, 2.45) is 11.8 Å². The number of hydrogen-bond acceptors (Lipinski definition) is 5. The van der Waals surface area contributed by atoms with Crippen LogP contribution in [0.3, 0.4) is 0 Å². The fraction of sp³-hybridized carbons (Fsp3) is 0.435. The van der Waals surface area contributed by atoms with Crippen LogP contribution >= 0.6 is 0 Å². The van der Waals surface area contributed by atoms with Crippen LogP contribution in [0.2, 0.25) is 0 Å². The van der Waals surface area contributed by atoms with E-state index in [4.69, 9.17) is 4.74 Å². The number of pyridine rings is 1. The van der Waals surface area contributed by atoms with Gasteiger partial charge in [-0.3, -0.25) is 9.59 Å². The van der Waals surface area contributed by atoms with Crippen LogP contribution in [0.25, 0.3) is 0 Å². The molecule has 1 aliphatic carbocycles. The minimum absolute atomic E-state index is 0.0330. The molecule has 30 heavy (non-hydrogen) atoms. The smallest absolute Gasteiger partial charge is 0.251 e. The van der Waals surface area contributed by atoms with E-state index in [0.717, 1.165) is 24.1 Å². The van der Waals surface area contributed by atoms with Gasteiger partial charge in [0.2, 0.25) is 11.8 Å². The largest absolute Gasteiger partial charge is 0.481 e. The van der Waals surface area contributed by atoms with Crippen LogP contribution in [0.5, 0.6) is 5.88 Å². The van der Waals surface area contributed by atoms with Gasteiger partial charge in [0.05, 0.1) is 13.2 Å². The lowest BCUT2D eigenvalue weighted by Crippen LogP contribution is -2.51. The number of nitrogens with one attached hydrogen (secondary N) is 2. The number of hydrogen-bond donors (Lipinski definition) is 2. The van der Waals surface area contributed by atoms with Gasteiger partial charge < -0.3 is 20.3 Å². The fourth-order valence-corrected chi connectivity index (χ4v) is 4.62. The van der Waals surface area contributed by atoms with Gasteiger partial charge in [-0.1, -0.05) is 13.0 Å². The maximum absolute atomic E-state index is 12.7. The van der Waals surface area contributed by atoms with Crippen molar-refractivity contribution in [1.29, 1.82) is 0 Å². The zero-order valence-corrected chi connectivity index (χ0v) is 17.8. The number of amides is 2. The highest BCUT2D eigenvalue weighted by Crippen LogP contribution is 2.50. The topological polar surface area (TPSA) is 83.6 Å². The number of rotatable bonds is 5. The van der Waals surface area contributed by atoms with E-state index >= 15 is 0 Å². The van der Waals surface area contributed by atoms with Gasteiger partial charge in [-0.2, -0.15) is 4.98 Å². The first-order valence-electron chi connectivity index (χ1n) is 10.4. The number of ether oxygens (including phenoxy) is 1. The summed E-state index contributed by atoms with van der Waals surface area (Å²) < 4.78 is 5.27. The Balaban J connectivity index is 1.81. The average Bonchev–Trinajstić information content (AvgIpc) is 3.59. The summed E-state index contributed by atoms with van der Waals surface area (Å²) in [6.07, 6.45) is 2.27. The first kappa shape index (κ1) is 20.2. The van der Waals surface area contributed by atoms with Crippen molar-refractivity contribution in [3.05, 3.63) is 47.5 Å². The molecule has 2 N–H and O–H groups in total. The Morgan fingerprint density at radius 3 is 2.60 bits per heavy atom. The quantitative estimate of drug-likeness (QED) is 0.792. The third-order valence-electron chi connectivity index (χ3n) is 6.15. The van der Waals surface area contributed by atoms with Crippen LogP contribution in [0.4, 0.5) is 11.5 Å². The van der Waals surface area contributed by atoms with E-state index in [1.807, 2.05) is 29.2 Å². The summed E-state index contributed by atoms with van der Waals surface area (Å²) in [6, 6.07) is 11.2. The summed E-state index contributed by atoms with van der Waals surface area (Å²) in [5, 5.41) is 6.24. The number of carbonyl (C=O) groups excluding carboxylic acids is 2. The van der Waals surface area contributed by atoms with Crippen molar-refractivity contribution in [2.75, 3.05) is 24.4 Å². The third kappa shape index (κ3) is 3.60. The van der Waals surface area contributed by atoms with E-state index in [0.29, 0.717) is 23.2 Å². The Bertz CT molecular complexity index is 973. The van der Waals surface area contributed by atoms with Gasteiger partial charge in [-0.05, 0) is 48.6 Å². The van der Waals surface area contributed by atoms with E-state index in [-0.39, 0.29) is 29.8 Å². The normalized spacial score (nSPS) is 22.8. The molecule has 3 atom stereocenters. The van der Waals surface area contributed by atoms with Crippen molar-refractivity contribution < 1.29 is 14.3 Å². The second kappa shape index (κ2) is 7.97. The number of carbonyl (C=O) groups is 2. The van der Waals surface area contributed by atoms with Crippen LogP contribution in [-0.4, -0.2) is 37.0 Å². The zero-order valence-electron chi connectivity index (χ0n) is 17.8. The zero-order chi connectivity index (χ0) is 21.4. The molecule has 1 saturated carbocycles. The average molecular weight is 409 g/mol. The van der Waals surface area contributed by atoms with Crippen LogP contribution < -0.4 is 20.3 Å². The third-order valence-corrected chi connectivity index (χ3v) is 6.15. The van der Waals surface area contributed by atoms with Crippen LogP contribution in [0.15, 0.2) is 36.4 Å². The Hall–Kier alpha value is -3.09. The monoisotopic (exact) mass is 408 g/mol. The summed E-state index contributed by atoms with van der Waals surface area (Å²) in [7, 11) is 3.21. The van der Waals surface area contributed by atoms with Crippen molar-refractivity contribution >= 4 is 23.3 Å². The van der Waals surface area contributed by atoms with Crippen molar-refractivity contribution in [1.82, 2.24) is 10.3 Å². The Labute approximate surface area is 176 Å². The molecule has 2 amide bonds. The van der Waals surface area contributed by atoms with Gasteiger partial charge in [0, 0.05) is 43.2 Å². The molecule has 4 rings (SSSR count). The molecule has 1 aromatic heterocycles. The number of anilines is 2. The minimum Gasteiger partial charge on any atom is -0.481 e. The maximum Gasteiger partial charge on any atom is 0.251 e. The molecule has 7 heteroatoms. The molecule has 0 radical (unpaired) electrons. The molecule has 2 aromatic rings. The molecule has 2 heterocycles. The molecule has 1 aliphatic heterocycles. The SMILES string of the molecule is CNC(=O)c1ccc2c(c1)C(Nc1cccc(OC)n1)C(C)[C@H](C1CC1)N2C(C)=O. The Morgan fingerprint density at radius 1 is 1.20 bits per heavy atom.